The molecule has 1 aromatic heterocycles. The Labute approximate surface area is 152 Å². The molecule has 0 radical (unpaired) electrons. The van der Waals surface area contributed by atoms with Crippen molar-refractivity contribution in [2.75, 3.05) is 0 Å². The Morgan fingerprint density at radius 2 is 2.16 bits per heavy atom. The molecule has 0 fully saturated rings. The molecule has 0 spiro atoms. The van der Waals surface area contributed by atoms with Gasteiger partial charge in [-0.15, -0.1) is 0 Å². The average molecular weight is 333 g/mol. The highest BCUT2D eigenvalue weighted by Gasteiger charge is 2.31. The van der Waals surface area contributed by atoms with Crippen LogP contribution in [-0.2, 0) is 6.54 Å². The van der Waals surface area contributed by atoms with Gasteiger partial charge in [-0.25, -0.2) is 0 Å². The van der Waals surface area contributed by atoms with Gasteiger partial charge in [0.2, 0.25) is 5.69 Å². The zero-order chi connectivity index (χ0) is 18.0. The fourth-order valence-electron chi connectivity index (χ4n) is 3.85. The van der Waals surface area contributed by atoms with E-state index in [0.717, 1.165) is 19.4 Å². The summed E-state index contributed by atoms with van der Waals surface area (Å²) < 4.78 is 2.44. The van der Waals surface area contributed by atoms with Gasteiger partial charge < -0.3 is 5.32 Å². The Balaban J connectivity index is 2.28. The van der Waals surface area contributed by atoms with E-state index in [9.17, 15) is 0 Å². The van der Waals surface area contributed by atoms with Gasteiger partial charge in [0.15, 0.2) is 12.2 Å². The lowest BCUT2D eigenvalue weighted by Crippen LogP contribution is -2.45. The zero-order valence-electron chi connectivity index (χ0n) is 15.9. The van der Waals surface area contributed by atoms with E-state index >= 15 is 0 Å². The first-order valence-corrected chi connectivity index (χ1v) is 9.26. The molecule has 1 aromatic rings. The van der Waals surface area contributed by atoms with Crippen LogP contribution in [0, 0.1) is 6.92 Å². The first kappa shape index (κ1) is 17.5. The predicted molar refractivity (Wildman–Crippen MR) is 106 cm³/mol. The van der Waals surface area contributed by atoms with E-state index in [1.54, 1.807) is 0 Å². The Morgan fingerprint density at radius 3 is 2.84 bits per heavy atom. The van der Waals surface area contributed by atoms with Crippen molar-refractivity contribution in [1.82, 2.24) is 5.32 Å². The van der Waals surface area contributed by atoms with Gasteiger partial charge >= 0.3 is 0 Å². The molecule has 3 rings (SSSR count). The third-order valence-corrected chi connectivity index (χ3v) is 5.26. The minimum Gasteiger partial charge on any atom is -0.378 e. The van der Waals surface area contributed by atoms with E-state index in [1.807, 2.05) is 0 Å². The van der Waals surface area contributed by atoms with Crippen molar-refractivity contribution in [2.24, 2.45) is 0 Å². The lowest BCUT2D eigenvalue weighted by atomic mass is 9.83. The fourth-order valence-corrected chi connectivity index (χ4v) is 3.85. The molecular weight excluding hydrogens is 304 g/mol. The highest BCUT2D eigenvalue weighted by atomic mass is 15.0. The van der Waals surface area contributed by atoms with Gasteiger partial charge in [0.05, 0.1) is 11.6 Å². The minimum atomic E-state index is 0.175. The van der Waals surface area contributed by atoms with Gasteiger partial charge in [0.1, 0.15) is 0 Å². The Hall–Kier alpha value is -2.35. The Morgan fingerprint density at radius 1 is 1.36 bits per heavy atom. The molecule has 0 amide bonds. The molecule has 2 heteroatoms. The molecule has 0 saturated carbocycles. The van der Waals surface area contributed by atoms with E-state index < -0.39 is 0 Å². The summed E-state index contributed by atoms with van der Waals surface area (Å²) >= 11 is 0. The topological polar surface area (TPSA) is 15.9 Å². The van der Waals surface area contributed by atoms with Gasteiger partial charge in [-0.05, 0) is 49.1 Å². The lowest BCUT2D eigenvalue weighted by molar-refractivity contribution is -0.706. The first-order chi connectivity index (χ1) is 12.1. The molecule has 130 valence electrons. The second-order valence-corrected chi connectivity index (χ2v) is 6.87. The van der Waals surface area contributed by atoms with E-state index in [4.69, 9.17) is 0 Å². The summed E-state index contributed by atoms with van der Waals surface area (Å²) in [5.74, 6) is 0. The maximum absolute atomic E-state index is 4.43. The highest BCUT2D eigenvalue weighted by molar-refractivity contribution is 5.83. The molecule has 2 aliphatic rings. The second-order valence-electron chi connectivity index (χ2n) is 6.87. The number of fused-ring (bicyclic) bond motifs is 1. The van der Waals surface area contributed by atoms with Crippen molar-refractivity contribution < 1.29 is 4.57 Å². The summed E-state index contributed by atoms with van der Waals surface area (Å²) in [5.41, 5.74) is 9.16. The minimum absolute atomic E-state index is 0.175. The molecule has 25 heavy (non-hydrogen) atoms. The van der Waals surface area contributed by atoms with Gasteiger partial charge in [-0.3, -0.25) is 0 Å². The lowest BCUT2D eigenvalue weighted by Gasteiger charge is -2.29. The van der Waals surface area contributed by atoms with Crippen molar-refractivity contribution in [3.05, 3.63) is 82.9 Å². The number of hydrogen-bond acceptors (Lipinski definition) is 1. The number of dihydropyridines is 1. The zero-order valence-corrected chi connectivity index (χ0v) is 15.9. The Kier molecular flexibility index (Phi) is 5.08. The van der Waals surface area contributed by atoms with Crippen LogP contribution < -0.4 is 9.88 Å². The molecule has 0 saturated heterocycles. The smallest absolute Gasteiger partial charge is 0.213 e. The number of rotatable bonds is 3. The average Bonchev–Trinajstić information content (AvgIpc) is 2.62. The molecule has 1 atom stereocenters. The number of nitrogens with zero attached hydrogens (tertiary/aromatic N) is 1. The third kappa shape index (κ3) is 3.26. The van der Waals surface area contributed by atoms with Crippen LogP contribution in [0.2, 0.25) is 0 Å². The van der Waals surface area contributed by atoms with E-state index in [1.165, 1.54) is 39.4 Å². The summed E-state index contributed by atoms with van der Waals surface area (Å²) in [6.45, 7) is 14.1. The van der Waals surface area contributed by atoms with E-state index in [-0.39, 0.29) is 6.04 Å². The van der Waals surface area contributed by atoms with Crippen LogP contribution in [0.4, 0.5) is 0 Å². The maximum Gasteiger partial charge on any atom is 0.213 e. The maximum atomic E-state index is 4.43. The number of nitrogens with one attached hydrogen (secondary N) is 1. The molecule has 3 heterocycles. The first-order valence-electron chi connectivity index (χ1n) is 9.26. The van der Waals surface area contributed by atoms with Crippen molar-refractivity contribution in [1.29, 1.82) is 0 Å². The number of aromatic nitrogens is 1. The summed E-state index contributed by atoms with van der Waals surface area (Å²) in [5, 5.41) is 3.64. The number of hydrogen-bond donors (Lipinski definition) is 1. The molecule has 0 aliphatic carbocycles. The molecule has 1 N–H and O–H groups in total. The van der Waals surface area contributed by atoms with Gasteiger partial charge in [-0.1, -0.05) is 31.7 Å². The number of pyridine rings is 1. The van der Waals surface area contributed by atoms with Crippen molar-refractivity contribution in [3.63, 3.8) is 0 Å². The summed E-state index contributed by atoms with van der Waals surface area (Å²) in [6, 6.07) is 6.79. The van der Waals surface area contributed by atoms with Crippen molar-refractivity contribution in [2.45, 2.75) is 53.1 Å². The summed E-state index contributed by atoms with van der Waals surface area (Å²) in [7, 11) is 0. The largest absolute Gasteiger partial charge is 0.378 e. The van der Waals surface area contributed by atoms with Crippen LogP contribution in [0.5, 0.6) is 0 Å². The van der Waals surface area contributed by atoms with Crippen LogP contribution in [0.25, 0.3) is 5.57 Å². The normalized spacial score (nSPS) is 23.0. The molecule has 2 nitrogen and oxygen atoms in total. The number of aryl methyl sites for hydroxylation is 1. The van der Waals surface area contributed by atoms with Gasteiger partial charge in [0.25, 0.3) is 0 Å². The molecule has 0 aromatic carbocycles. The molecule has 0 bridgehead atoms. The third-order valence-electron chi connectivity index (χ3n) is 5.26. The standard InChI is InChI=1S/C23H29N2/c1-6-16(3)22(20-12-8-10-17(4)24-20)23-19(7-2)14-15-25-18(5)11-9-13-21(23)25/h7-13,20,24H,3,6,14-15H2,1-2,4-5H3/q+1/b19-7-,23-22-. The van der Waals surface area contributed by atoms with Crippen molar-refractivity contribution >= 4 is 5.57 Å². The highest BCUT2D eigenvalue weighted by Crippen LogP contribution is 2.36. The van der Waals surface area contributed by atoms with Crippen LogP contribution in [-0.4, -0.2) is 6.04 Å². The number of allylic oxidation sites excluding steroid dienone is 6. The predicted octanol–water partition coefficient (Wildman–Crippen LogP) is 4.78. The van der Waals surface area contributed by atoms with E-state index in [2.05, 4.69) is 86.7 Å². The van der Waals surface area contributed by atoms with Gasteiger partial charge in [-0.2, -0.15) is 4.57 Å². The molecular formula is C23H29N2+. The monoisotopic (exact) mass is 333 g/mol. The molecule has 2 aliphatic heterocycles. The van der Waals surface area contributed by atoms with Crippen LogP contribution in [0.15, 0.2) is 71.5 Å². The SMILES string of the molecule is C=C(CC)/C(=C1\C(=C/C)CC[n+]2c(C)cccc21)C1C=CC=C(C)N1. The molecule has 1 unspecified atom stereocenters. The van der Waals surface area contributed by atoms with Crippen LogP contribution >= 0.6 is 0 Å². The van der Waals surface area contributed by atoms with Crippen LogP contribution in [0.1, 0.15) is 45.0 Å². The summed E-state index contributed by atoms with van der Waals surface area (Å²) in [6.07, 6.45) is 10.8. The van der Waals surface area contributed by atoms with Crippen molar-refractivity contribution in [3.8, 4) is 0 Å². The second kappa shape index (κ2) is 7.26. The van der Waals surface area contributed by atoms with Gasteiger partial charge in [0, 0.05) is 31.2 Å². The summed E-state index contributed by atoms with van der Waals surface area (Å²) in [4.78, 5) is 0. The fraction of sp³-hybridized carbons (Fsp3) is 0.348. The van der Waals surface area contributed by atoms with Crippen LogP contribution in [0.3, 0.4) is 0 Å². The Bertz CT molecular complexity index is 818. The van der Waals surface area contributed by atoms with E-state index in [0.29, 0.717) is 0 Å². The quantitative estimate of drug-likeness (QED) is 0.787.